The fraction of sp³-hybridized carbons (Fsp3) is 0.636. The van der Waals surface area contributed by atoms with Crippen LogP contribution in [0, 0.1) is 5.82 Å². The highest BCUT2D eigenvalue weighted by atomic mass is 19.1. The molecule has 0 aliphatic carbocycles. The lowest BCUT2D eigenvalue weighted by atomic mass is 10.0. The summed E-state index contributed by atoms with van der Waals surface area (Å²) >= 11 is 0. The maximum Gasteiger partial charge on any atom is 0.414 e. The summed E-state index contributed by atoms with van der Waals surface area (Å²) in [5.74, 6) is -1.27. The second kappa shape index (κ2) is 10.2. The van der Waals surface area contributed by atoms with Gasteiger partial charge in [0.1, 0.15) is 24.8 Å². The van der Waals surface area contributed by atoms with Crippen molar-refractivity contribution in [1.29, 1.82) is 0 Å². The van der Waals surface area contributed by atoms with Crippen molar-refractivity contribution in [2.24, 2.45) is 0 Å². The number of rotatable bonds is 8. The Morgan fingerprint density at radius 1 is 1.30 bits per heavy atom. The van der Waals surface area contributed by atoms with Gasteiger partial charge < -0.3 is 33.9 Å². The van der Waals surface area contributed by atoms with E-state index in [1.165, 1.54) is 17.9 Å². The molecule has 0 radical (unpaired) electrons. The van der Waals surface area contributed by atoms with Gasteiger partial charge in [-0.2, -0.15) is 0 Å². The van der Waals surface area contributed by atoms with Gasteiger partial charge in [-0.15, -0.1) is 0 Å². The first-order chi connectivity index (χ1) is 15.9. The topological polar surface area (TPSA) is 98.8 Å². The van der Waals surface area contributed by atoms with E-state index in [1.54, 1.807) is 19.2 Å². The van der Waals surface area contributed by atoms with E-state index < -0.39 is 23.8 Å². The second-order valence-corrected chi connectivity index (χ2v) is 8.42. The largest absolute Gasteiger partial charge is 0.442 e. The van der Waals surface area contributed by atoms with Gasteiger partial charge in [0, 0.05) is 40.0 Å². The fourth-order valence-electron chi connectivity index (χ4n) is 4.33. The summed E-state index contributed by atoms with van der Waals surface area (Å²) in [6.07, 6.45) is 0.0446. The first-order valence-corrected chi connectivity index (χ1v) is 11.0. The summed E-state index contributed by atoms with van der Waals surface area (Å²) in [7, 11) is 1.57. The molecule has 3 saturated heterocycles. The number of ether oxygens (including phenoxy) is 5. The molecule has 0 aromatic heterocycles. The van der Waals surface area contributed by atoms with Gasteiger partial charge in [0.25, 0.3) is 0 Å². The van der Waals surface area contributed by atoms with Crippen LogP contribution in [-0.2, 0) is 28.5 Å². The molecule has 3 aliphatic rings. The summed E-state index contributed by atoms with van der Waals surface area (Å²) in [6.45, 7) is 4.08. The number of nitrogens with zero attached hydrogens (tertiary/aromatic N) is 2. The van der Waals surface area contributed by atoms with E-state index in [4.69, 9.17) is 23.7 Å². The Bertz CT molecular complexity index is 862. The van der Waals surface area contributed by atoms with Crippen LogP contribution in [0.4, 0.5) is 20.6 Å². The number of carbonyl (C=O) groups excluding carboxylic acids is 2. The molecule has 182 valence electrons. The normalized spacial score (nSPS) is 24.4. The number of benzene rings is 1. The summed E-state index contributed by atoms with van der Waals surface area (Å²) < 4.78 is 42.5. The van der Waals surface area contributed by atoms with Crippen molar-refractivity contribution >= 4 is 23.4 Å². The molecule has 4 rings (SSSR count). The summed E-state index contributed by atoms with van der Waals surface area (Å²) in [5, 5.41) is 2.62. The van der Waals surface area contributed by atoms with Crippen LogP contribution in [0.15, 0.2) is 18.2 Å². The molecule has 3 heterocycles. The van der Waals surface area contributed by atoms with E-state index in [-0.39, 0.29) is 31.9 Å². The van der Waals surface area contributed by atoms with Crippen molar-refractivity contribution in [3.05, 3.63) is 24.0 Å². The van der Waals surface area contributed by atoms with Gasteiger partial charge in [-0.25, -0.2) is 9.18 Å². The second-order valence-electron chi connectivity index (χ2n) is 8.42. The third-order valence-electron chi connectivity index (χ3n) is 5.98. The van der Waals surface area contributed by atoms with E-state index >= 15 is 4.39 Å². The lowest BCUT2D eigenvalue weighted by molar-refractivity contribution is -0.187. The molecular weight excluding hydrogens is 437 g/mol. The number of amides is 2. The van der Waals surface area contributed by atoms with E-state index in [1.807, 2.05) is 4.90 Å². The van der Waals surface area contributed by atoms with Crippen LogP contribution in [0.5, 0.6) is 0 Å². The smallest absolute Gasteiger partial charge is 0.414 e. The van der Waals surface area contributed by atoms with Crippen molar-refractivity contribution in [3.63, 3.8) is 0 Å². The van der Waals surface area contributed by atoms with Crippen LogP contribution >= 0.6 is 0 Å². The summed E-state index contributed by atoms with van der Waals surface area (Å²) in [4.78, 5) is 26.6. The zero-order chi connectivity index (χ0) is 23.4. The number of nitrogens with one attached hydrogen (secondary N) is 1. The Labute approximate surface area is 191 Å². The minimum Gasteiger partial charge on any atom is -0.442 e. The molecule has 3 fully saturated rings. The van der Waals surface area contributed by atoms with Crippen molar-refractivity contribution < 1.29 is 37.7 Å². The molecule has 1 N–H and O–H groups in total. The highest BCUT2D eigenvalue weighted by Crippen LogP contribution is 2.37. The van der Waals surface area contributed by atoms with Gasteiger partial charge in [-0.1, -0.05) is 0 Å². The molecule has 1 aromatic carbocycles. The third kappa shape index (κ3) is 5.55. The Morgan fingerprint density at radius 2 is 2.09 bits per heavy atom. The number of methoxy groups -OCH3 is 1. The van der Waals surface area contributed by atoms with E-state index in [0.29, 0.717) is 50.5 Å². The molecule has 3 aliphatic heterocycles. The monoisotopic (exact) mass is 467 g/mol. The number of halogens is 1. The minimum atomic E-state index is -0.657. The van der Waals surface area contributed by atoms with Gasteiger partial charge in [0.2, 0.25) is 5.91 Å². The van der Waals surface area contributed by atoms with Crippen LogP contribution in [0.1, 0.15) is 19.8 Å². The molecule has 10 nitrogen and oxygen atoms in total. The van der Waals surface area contributed by atoms with Crippen LogP contribution in [0.25, 0.3) is 0 Å². The summed E-state index contributed by atoms with van der Waals surface area (Å²) in [6, 6.07) is 4.72. The van der Waals surface area contributed by atoms with Crippen LogP contribution < -0.4 is 15.1 Å². The molecular formula is C22H30FN3O7. The molecule has 2 atom stereocenters. The maximum absolute atomic E-state index is 15.0. The first-order valence-electron chi connectivity index (χ1n) is 11.0. The van der Waals surface area contributed by atoms with E-state index in [2.05, 4.69) is 5.32 Å². The van der Waals surface area contributed by atoms with Crippen LogP contribution in [0.2, 0.25) is 0 Å². The standard InChI is InChI=1S/C22H30FN3O7/c1-15(27)24-10-17-11-26(21(28)32-17)16-3-4-20(19(23)9-16)25-7-5-22(6-8-25)31-13-18(33-22)12-30-14-29-2/h3-4,9,17-18H,5-8,10-14H2,1-2H3,(H,24,27)/t17-,18?/m0/s1. The summed E-state index contributed by atoms with van der Waals surface area (Å²) in [5.41, 5.74) is 0.885. The average Bonchev–Trinajstić information content (AvgIpc) is 3.36. The molecule has 1 aromatic rings. The van der Waals surface area contributed by atoms with Crippen molar-refractivity contribution in [1.82, 2.24) is 5.32 Å². The number of piperidine rings is 1. The number of carbonyl (C=O) groups is 2. The molecule has 1 spiro atoms. The van der Waals surface area contributed by atoms with Gasteiger partial charge >= 0.3 is 6.09 Å². The quantitative estimate of drug-likeness (QED) is 0.455. The molecule has 1 unspecified atom stereocenters. The van der Waals surface area contributed by atoms with E-state index in [0.717, 1.165) is 0 Å². The van der Waals surface area contributed by atoms with Crippen molar-refractivity contribution in [2.45, 2.75) is 37.8 Å². The average molecular weight is 467 g/mol. The van der Waals surface area contributed by atoms with Crippen molar-refractivity contribution in [2.75, 3.05) is 63.1 Å². The zero-order valence-electron chi connectivity index (χ0n) is 18.9. The molecule has 33 heavy (non-hydrogen) atoms. The molecule has 2 amide bonds. The zero-order valence-corrected chi connectivity index (χ0v) is 18.9. The predicted octanol–water partition coefficient (Wildman–Crippen LogP) is 1.62. The van der Waals surface area contributed by atoms with E-state index in [9.17, 15) is 9.59 Å². The number of anilines is 2. The molecule has 0 bridgehead atoms. The Morgan fingerprint density at radius 3 is 2.79 bits per heavy atom. The van der Waals surface area contributed by atoms with Crippen LogP contribution in [-0.4, -0.2) is 83.3 Å². The third-order valence-corrected chi connectivity index (χ3v) is 5.98. The number of hydrogen-bond acceptors (Lipinski definition) is 8. The van der Waals surface area contributed by atoms with Gasteiger partial charge in [-0.05, 0) is 18.2 Å². The predicted molar refractivity (Wildman–Crippen MR) is 116 cm³/mol. The van der Waals surface area contributed by atoms with Gasteiger partial charge in [-0.3, -0.25) is 9.69 Å². The Hall–Kier alpha value is -2.47. The Balaban J connectivity index is 1.32. The fourth-order valence-corrected chi connectivity index (χ4v) is 4.33. The van der Waals surface area contributed by atoms with Gasteiger partial charge in [0.05, 0.1) is 37.7 Å². The SMILES string of the molecule is COCOCC1COC2(CCN(c3ccc(N4C[C@H](CNC(C)=O)OC4=O)cc3F)CC2)O1. The highest BCUT2D eigenvalue weighted by molar-refractivity contribution is 5.90. The van der Waals surface area contributed by atoms with Crippen LogP contribution in [0.3, 0.4) is 0 Å². The molecule has 11 heteroatoms. The van der Waals surface area contributed by atoms with Crippen molar-refractivity contribution in [3.8, 4) is 0 Å². The number of cyclic esters (lactones) is 1. The Kier molecular flexibility index (Phi) is 7.32. The lowest BCUT2D eigenvalue weighted by Crippen LogP contribution is -2.46. The minimum absolute atomic E-state index is 0.141. The molecule has 0 saturated carbocycles. The maximum atomic E-state index is 15.0. The number of hydrogen-bond donors (Lipinski definition) is 1. The first kappa shape index (κ1) is 23.7. The highest BCUT2D eigenvalue weighted by Gasteiger charge is 2.44. The lowest BCUT2D eigenvalue weighted by Gasteiger charge is -2.39. The van der Waals surface area contributed by atoms with Gasteiger partial charge in [0.15, 0.2) is 5.79 Å².